The van der Waals surface area contributed by atoms with Gasteiger partial charge < -0.3 is 4.90 Å². The maximum Gasteiger partial charge on any atom is 0.0346 e. The summed E-state index contributed by atoms with van der Waals surface area (Å²) >= 11 is 1.86. The summed E-state index contributed by atoms with van der Waals surface area (Å²) in [5.41, 5.74) is 2.78. The summed E-state index contributed by atoms with van der Waals surface area (Å²) in [6.07, 6.45) is 3.84. The maximum absolute atomic E-state index is 4.25. The fraction of sp³-hybridized carbons (Fsp3) is 0.350. The SMILES string of the molecule is Cc1ccsc1CN(CCN(C)C)Cc1cccc2cnccc12. The number of pyridine rings is 1. The van der Waals surface area contributed by atoms with Crippen molar-refractivity contribution >= 4 is 22.1 Å². The van der Waals surface area contributed by atoms with Gasteiger partial charge in [0.15, 0.2) is 0 Å². The van der Waals surface area contributed by atoms with Crippen LogP contribution in [0.5, 0.6) is 0 Å². The first kappa shape index (κ1) is 17.1. The summed E-state index contributed by atoms with van der Waals surface area (Å²) < 4.78 is 0. The van der Waals surface area contributed by atoms with Gasteiger partial charge in [-0.25, -0.2) is 0 Å². The summed E-state index contributed by atoms with van der Waals surface area (Å²) in [4.78, 5) is 10.5. The highest BCUT2D eigenvalue weighted by molar-refractivity contribution is 7.10. The second kappa shape index (κ2) is 7.88. The van der Waals surface area contributed by atoms with E-state index in [2.05, 4.69) is 71.5 Å². The van der Waals surface area contributed by atoms with Gasteiger partial charge in [0.25, 0.3) is 0 Å². The first-order chi connectivity index (χ1) is 11.6. The monoisotopic (exact) mass is 339 g/mol. The van der Waals surface area contributed by atoms with E-state index in [0.29, 0.717) is 0 Å². The van der Waals surface area contributed by atoms with E-state index in [9.17, 15) is 0 Å². The highest BCUT2D eigenvalue weighted by Gasteiger charge is 2.12. The molecule has 0 spiro atoms. The quantitative estimate of drug-likeness (QED) is 0.644. The van der Waals surface area contributed by atoms with E-state index in [0.717, 1.165) is 26.2 Å². The van der Waals surface area contributed by atoms with Crippen LogP contribution in [0, 0.1) is 6.92 Å². The summed E-state index contributed by atoms with van der Waals surface area (Å²) in [6.45, 7) is 6.31. The summed E-state index contributed by atoms with van der Waals surface area (Å²) in [7, 11) is 4.27. The normalized spacial score (nSPS) is 11.7. The van der Waals surface area contributed by atoms with Crippen LogP contribution < -0.4 is 0 Å². The molecule has 0 fully saturated rings. The lowest BCUT2D eigenvalue weighted by Gasteiger charge is -2.24. The Morgan fingerprint density at radius 1 is 1.04 bits per heavy atom. The van der Waals surface area contributed by atoms with Gasteiger partial charge in [0.2, 0.25) is 0 Å². The van der Waals surface area contributed by atoms with Crippen LogP contribution in [0.4, 0.5) is 0 Å². The predicted octanol–water partition coefficient (Wildman–Crippen LogP) is 4.17. The average molecular weight is 340 g/mol. The van der Waals surface area contributed by atoms with Gasteiger partial charge in [-0.3, -0.25) is 9.88 Å². The van der Waals surface area contributed by atoms with Crippen LogP contribution >= 0.6 is 11.3 Å². The number of benzene rings is 1. The van der Waals surface area contributed by atoms with E-state index in [1.54, 1.807) is 0 Å². The standard InChI is InChI=1S/C20H25N3S/c1-16-8-12-24-20(16)15-23(11-10-22(2)3)14-18-6-4-5-17-13-21-9-7-19(17)18/h4-9,12-13H,10-11,14-15H2,1-3H3. The van der Waals surface area contributed by atoms with E-state index in [1.807, 2.05) is 23.7 Å². The minimum Gasteiger partial charge on any atom is -0.308 e. The molecule has 0 saturated carbocycles. The van der Waals surface area contributed by atoms with E-state index in [1.165, 1.54) is 26.8 Å². The zero-order valence-corrected chi connectivity index (χ0v) is 15.5. The van der Waals surface area contributed by atoms with Crippen LogP contribution in [0.3, 0.4) is 0 Å². The number of rotatable bonds is 7. The third kappa shape index (κ3) is 4.20. The van der Waals surface area contributed by atoms with Gasteiger partial charge in [-0.05, 0) is 55.0 Å². The lowest BCUT2D eigenvalue weighted by atomic mass is 10.1. The van der Waals surface area contributed by atoms with Crippen molar-refractivity contribution in [1.82, 2.24) is 14.8 Å². The smallest absolute Gasteiger partial charge is 0.0346 e. The zero-order valence-electron chi connectivity index (χ0n) is 14.7. The topological polar surface area (TPSA) is 19.4 Å². The third-order valence-electron chi connectivity index (χ3n) is 4.36. The molecular weight excluding hydrogens is 314 g/mol. The molecular formula is C20H25N3S. The number of fused-ring (bicyclic) bond motifs is 1. The molecule has 3 rings (SSSR count). The van der Waals surface area contributed by atoms with Crippen LogP contribution in [0.1, 0.15) is 16.0 Å². The van der Waals surface area contributed by atoms with Crippen LogP contribution in [-0.4, -0.2) is 42.0 Å². The molecule has 3 aromatic rings. The molecule has 0 amide bonds. The van der Waals surface area contributed by atoms with E-state index in [-0.39, 0.29) is 0 Å². The molecule has 2 heterocycles. The molecule has 24 heavy (non-hydrogen) atoms. The average Bonchev–Trinajstić information content (AvgIpc) is 2.98. The first-order valence-electron chi connectivity index (χ1n) is 8.35. The van der Waals surface area contributed by atoms with Gasteiger partial charge in [-0.15, -0.1) is 11.3 Å². The molecule has 0 atom stereocenters. The first-order valence-corrected chi connectivity index (χ1v) is 9.23. The second-order valence-electron chi connectivity index (χ2n) is 6.55. The predicted molar refractivity (Wildman–Crippen MR) is 103 cm³/mol. The Bertz CT molecular complexity index is 789. The van der Waals surface area contributed by atoms with Crippen molar-refractivity contribution in [1.29, 1.82) is 0 Å². The fourth-order valence-corrected chi connectivity index (χ4v) is 3.84. The summed E-state index contributed by atoms with van der Waals surface area (Å²) in [5, 5.41) is 4.72. The van der Waals surface area contributed by atoms with Crippen molar-refractivity contribution in [3.63, 3.8) is 0 Å². The van der Waals surface area contributed by atoms with Crippen LogP contribution in [0.25, 0.3) is 10.8 Å². The number of thiophene rings is 1. The number of aryl methyl sites for hydroxylation is 1. The van der Waals surface area contributed by atoms with Crippen molar-refractivity contribution in [2.24, 2.45) is 0 Å². The lowest BCUT2D eigenvalue weighted by molar-refractivity contribution is 0.228. The zero-order chi connectivity index (χ0) is 16.9. The Morgan fingerprint density at radius 2 is 1.92 bits per heavy atom. The minimum atomic E-state index is 0.965. The molecule has 2 aromatic heterocycles. The van der Waals surface area contributed by atoms with Crippen molar-refractivity contribution in [2.75, 3.05) is 27.2 Å². The Hall–Kier alpha value is -1.75. The third-order valence-corrected chi connectivity index (χ3v) is 5.37. The Labute approximate surface area is 148 Å². The van der Waals surface area contributed by atoms with Crippen molar-refractivity contribution < 1.29 is 0 Å². The Morgan fingerprint density at radius 3 is 2.67 bits per heavy atom. The number of hydrogen-bond acceptors (Lipinski definition) is 4. The van der Waals surface area contributed by atoms with Crippen molar-refractivity contribution in [3.8, 4) is 0 Å². The molecule has 0 saturated heterocycles. The van der Waals surface area contributed by atoms with Gasteiger partial charge in [-0.1, -0.05) is 18.2 Å². The number of nitrogens with zero attached hydrogens (tertiary/aromatic N) is 3. The van der Waals surface area contributed by atoms with Crippen LogP contribution in [0.15, 0.2) is 48.1 Å². The molecule has 0 N–H and O–H groups in total. The van der Waals surface area contributed by atoms with Crippen molar-refractivity contribution in [2.45, 2.75) is 20.0 Å². The molecule has 126 valence electrons. The molecule has 0 aliphatic carbocycles. The molecule has 0 unspecified atom stereocenters. The number of aromatic nitrogens is 1. The molecule has 0 aliphatic heterocycles. The van der Waals surface area contributed by atoms with E-state index < -0.39 is 0 Å². The highest BCUT2D eigenvalue weighted by Crippen LogP contribution is 2.22. The lowest BCUT2D eigenvalue weighted by Crippen LogP contribution is -2.31. The van der Waals surface area contributed by atoms with Crippen LogP contribution in [0.2, 0.25) is 0 Å². The van der Waals surface area contributed by atoms with Gasteiger partial charge in [0.05, 0.1) is 0 Å². The van der Waals surface area contributed by atoms with Crippen LogP contribution in [-0.2, 0) is 13.1 Å². The Balaban J connectivity index is 1.83. The largest absolute Gasteiger partial charge is 0.308 e. The highest BCUT2D eigenvalue weighted by atomic mass is 32.1. The summed E-state index contributed by atoms with van der Waals surface area (Å²) in [6, 6.07) is 10.9. The molecule has 4 heteroatoms. The van der Waals surface area contributed by atoms with Gasteiger partial charge in [-0.2, -0.15) is 0 Å². The molecule has 0 bridgehead atoms. The molecule has 3 nitrogen and oxygen atoms in total. The Kier molecular flexibility index (Phi) is 5.61. The molecule has 0 radical (unpaired) electrons. The summed E-state index contributed by atoms with van der Waals surface area (Å²) in [5.74, 6) is 0. The maximum atomic E-state index is 4.25. The van der Waals surface area contributed by atoms with E-state index >= 15 is 0 Å². The molecule has 1 aromatic carbocycles. The minimum absolute atomic E-state index is 0.965. The van der Waals surface area contributed by atoms with Gasteiger partial charge >= 0.3 is 0 Å². The number of hydrogen-bond donors (Lipinski definition) is 0. The van der Waals surface area contributed by atoms with E-state index in [4.69, 9.17) is 0 Å². The molecule has 0 aliphatic rings. The number of likely N-dealkylation sites (N-methyl/N-ethyl adjacent to an activating group) is 1. The second-order valence-corrected chi connectivity index (χ2v) is 7.56. The van der Waals surface area contributed by atoms with Gasteiger partial charge in [0, 0.05) is 48.8 Å². The van der Waals surface area contributed by atoms with Crippen molar-refractivity contribution in [3.05, 3.63) is 64.1 Å². The fourth-order valence-electron chi connectivity index (χ4n) is 2.89. The van der Waals surface area contributed by atoms with Gasteiger partial charge in [0.1, 0.15) is 0 Å².